The van der Waals surface area contributed by atoms with Gasteiger partial charge in [0.1, 0.15) is 5.75 Å². The Bertz CT molecular complexity index is 784. The number of hydrogen-bond acceptors (Lipinski definition) is 4. The van der Waals surface area contributed by atoms with Crippen molar-refractivity contribution >= 4 is 11.7 Å². The van der Waals surface area contributed by atoms with Crippen molar-refractivity contribution in [3.05, 3.63) is 77.5 Å². The fourth-order valence-electron chi connectivity index (χ4n) is 2.81. The lowest BCUT2D eigenvalue weighted by atomic mass is 9.86. The van der Waals surface area contributed by atoms with Gasteiger partial charge in [-0.1, -0.05) is 42.5 Å². The third-order valence-corrected chi connectivity index (χ3v) is 4.01. The number of carbonyl (C=O) groups excluding carboxylic acids is 2. The fourth-order valence-corrected chi connectivity index (χ4v) is 2.81. The first-order valence-corrected chi connectivity index (χ1v) is 7.76. The number of para-hydroxylation sites is 1. The van der Waals surface area contributed by atoms with Gasteiger partial charge in [0.05, 0.1) is 5.56 Å². The van der Waals surface area contributed by atoms with Crippen LogP contribution in [-0.2, 0) is 4.79 Å². The van der Waals surface area contributed by atoms with Crippen molar-refractivity contribution in [3.63, 3.8) is 0 Å². The standard InChI is InChI=1S/C19H18N2O3/c22-16-11-14(13-6-2-1-3-7-13)10-15(12-16)20-21-19(24)17-8-4-5-9-18(17)23/h1-9,12,14,20,23H,10-11H2,(H,21,24)/t14-/m1/s1. The number of benzene rings is 2. The predicted octanol–water partition coefficient (Wildman–Crippen LogP) is 2.66. The second kappa shape index (κ2) is 7.00. The number of hydrogen-bond donors (Lipinski definition) is 3. The Balaban J connectivity index is 1.66. The maximum atomic E-state index is 12.1. The fraction of sp³-hybridized carbons (Fsp3) is 0.158. The van der Waals surface area contributed by atoms with Crippen LogP contribution in [0.4, 0.5) is 0 Å². The van der Waals surface area contributed by atoms with Crippen LogP contribution in [0, 0.1) is 0 Å². The van der Waals surface area contributed by atoms with Crippen molar-refractivity contribution in [1.29, 1.82) is 0 Å². The van der Waals surface area contributed by atoms with Crippen LogP contribution in [0.2, 0.25) is 0 Å². The van der Waals surface area contributed by atoms with E-state index in [0.29, 0.717) is 18.5 Å². The molecule has 0 heterocycles. The number of amides is 1. The molecule has 3 rings (SSSR count). The van der Waals surface area contributed by atoms with E-state index in [4.69, 9.17) is 0 Å². The van der Waals surface area contributed by atoms with Gasteiger partial charge >= 0.3 is 0 Å². The first-order valence-electron chi connectivity index (χ1n) is 7.76. The first kappa shape index (κ1) is 15.8. The molecule has 5 heteroatoms. The minimum Gasteiger partial charge on any atom is -0.507 e. The largest absolute Gasteiger partial charge is 0.507 e. The van der Waals surface area contributed by atoms with Crippen LogP contribution in [0.25, 0.3) is 0 Å². The summed E-state index contributed by atoms with van der Waals surface area (Å²) < 4.78 is 0. The lowest BCUT2D eigenvalue weighted by Crippen LogP contribution is -2.38. The molecule has 2 aromatic carbocycles. The molecule has 3 N–H and O–H groups in total. The van der Waals surface area contributed by atoms with Crippen LogP contribution in [0.15, 0.2) is 66.4 Å². The van der Waals surface area contributed by atoms with Crippen molar-refractivity contribution in [2.45, 2.75) is 18.8 Å². The number of phenolic OH excluding ortho intramolecular Hbond substituents is 1. The Kier molecular flexibility index (Phi) is 4.61. The highest BCUT2D eigenvalue weighted by molar-refractivity contribution is 5.96. The highest BCUT2D eigenvalue weighted by atomic mass is 16.3. The predicted molar refractivity (Wildman–Crippen MR) is 90.2 cm³/mol. The summed E-state index contributed by atoms with van der Waals surface area (Å²) in [7, 11) is 0. The number of aromatic hydroxyl groups is 1. The molecule has 5 nitrogen and oxygen atoms in total. The molecule has 0 bridgehead atoms. The van der Waals surface area contributed by atoms with E-state index in [9.17, 15) is 14.7 Å². The van der Waals surface area contributed by atoms with Crippen molar-refractivity contribution in [2.75, 3.05) is 0 Å². The summed E-state index contributed by atoms with van der Waals surface area (Å²) in [4.78, 5) is 24.1. The molecule has 122 valence electrons. The molecule has 0 saturated heterocycles. The number of nitrogens with one attached hydrogen (secondary N) is 2. The van der Waals surface area contributed by atoms with E-state index >= 15 is 0 Å². The molecule has 2 aromatic rings. The molecule has 1 atom stereocenters. The lowest BCUT2D eigenvalue weighted by molar-refractivity contribution is -0.115. The van der Waals surface area contributed by atoms with E-state index in [1.807, 2.05) is 30.3 Å². The molecule has 0 fully saturated rings. The zero-order valence-corrected chi connectivity index (χ0v) is 13.0. The Hall–Kier alpha value is -3.08. The number of ketones is 1. The Morgan fingerprint density at radius 1 is 1.00 bits per heavy atom. The second-order valence-electron chi connectivity index (χ2n) is 5.75. The maximum Gasteiger partial charge on any atom is 0.273 e. The van der Waals surface area contributed by atoms with E-state index < -0.39 is 5.91 Å². The highest BCUT2D eigenvalue weighted by Crippen LogP contribution is 2.30. The molecule has 0 saturated carbocycles. The summed E-state index contributed by atoms with van der Waals surface area (Å²) in [5.74, 6) is -0.432. The van der Waals surface area contributed by atoms with E-state index in [-0.39, 0.29) is 23.0 Å². The third-order valence-electron chi connectivity index (χ3n) is 4.01. The summed E-state index contributed by atoms with van der Waals surface area (Å²) in [5, 5.41) is 9.69. The van der Waals surface area contributed by atoms with Crippen LogP contribution < -0.4 is 10.9 Å². The summed E-state index contributed by atoms with van der Waals surface area (Å²) in [6, 6.07) is 16.1. The molecule has 0 spiro atoms. The van der Waals surface area contributed by atoms with Gasteiger partial charge in [-0.25, -0.2) is 0 Å². The van der Waals surface area contributed by atoms with E-state index in [0.717, 1.165) is 5.56 Å². The number of rotatable bonds is 4. The van der Waals surface area contributed by atoms with Crippen LogP contribution in [0.1, 0.15) is 34.7 Å². The van der Waals surface area contributed by atoms with Crippen molar-refractivity contribution in [3.8, 4) is 5.75 Å². The average Bonchev–Trinajstić information content (AvgIpc) is 2.60. The van der Waals surface area contributed by atoms with Gasteiger partial charge in [0.2, 0.25) is 0 Å². The number of allylic oxidation sites excluding steroid dienone is 2. The van der Waals surface area contributed by atoms with Crippen LogP contribution >= 0.6 is 0 Å². The smallest absolute Gasteiger partial charge is 0.273 e. The summed E-state index contributed by atoms with van der Waals surface area (Å²) in [6.45, 7) is 0. The molecular weight excluding hydrogens is 304 g/mol. The Morgan fingerprint density at radius 3 is 2.46 bits per heavy atom. The van der Waals surface area contributed by atoms with Gasteiger partial charge in [-0.3, -0.25) is 15.0 Å². The zero-order chi connectivity index (χ0) is 16.9. The van der Waals surface area contributed by atoms with Crippen molar-refractivity contribution < 1.29 is 14.7 Å². The van der Waals surface area contributed by atoms with Gasteiger partial charge in [0.25, 0.3) is 5.91 Å². The highest BCUT2D eigenvalue weighted by Gasteiger charge is 2.22. The SMILES string of the molecule is O=C1C=C(NNC(=O)c2ccccc2O)C[C@@H](c2ccccc2)C1. The first-order chi connectivity index (χ1) is 11.6. The van der Waals surface area contributed by atoms with E-state index in [2.05, 4.69) is 10.9 Å². The van der Waals surface area contributed by atoms with Crippen LogP contribution in [-0.4, -0.2) is 16.8 Å². The van der Waals surface area contributed by atoms with Gasteiger partial charge in [-0.2, -0.15) is 0 Å². The summed E-state index contributed by atoms with van der Waals surface area (Å²) in [6.07, 6.45) is 2.62. The van der Waals surface area contributed by atoms with Crippen LogP contribution in [0.5, 0.6) is 5.75 Å². The Morgan fingerprint density at radius 2 is 1.71 bits per heavy atom. The summed E-state index contributed by atoms with van der Waals surface area (Å²) >= 11 is 0. The van der Waals surface area contributed by atoms with Gasteiger partial charge in [0.15, 0.2) is 5.78 Å². The van der Waals surface area contributed by atoms with Crippen molar-refractivity contribution in [1.82, 2.24) is 10.9 Å². The average molecular weight is 322 g/mol. The molecule has 0 aliphatic heterocycles. The van der Waals surface area contributed by atoms with Crippen molar-refractivity contribution in [2.24, 2.45) is 0 Å². The van der Waals surface area contributed by atoms with E-state index in [1.54, 1.807) is 12.1 Å². The van der Waals surface area contributed by atoms with Gasteiger partial charge in [-0.05, 0) is 30.0 Å². The zero-order valence-electron chi connectivity index (χ0n) is 13.0. The molecular formula is C19H18N2O3. The molecule has 0 unspecified atom stereocenters. The Labute approximate surface area is 140 Å². The molecule has 1 amide bonds. The number of phenols is 1. The molecule has 1 aliphatic rings. The summed E-state index contributed by atoms with van der Waals surface area (Å²) in [5.41, 5.74) is 7.27. The lowest BCUT2D eigenvalue weighted by Gasteiger charge is -2.23. The minimum absolute atomic E-state index is 0.0226. The van der Waals surface area contributed by atoms with Gasteiger partial charge in [-0.15, -0.1) is 0 Å². The van der Waals surface area contributed by atoms with Gasteiger partial charge in [0, 0.05) is 18.2 Å². The monoisotopic (exact) mass is 322 g/mol. The van der Waals surface area contributed by atoms with Crippen LogP contribution in [0.3, 0.4) is 0 Å². The topological polar surface area (TPSA) is 78.4 Å². The quantitative estimate of drug-likeness (QED) is 0.756. The second-order valence-corrected chi connectivity index (χ2v) is 5.75. The van der Waals surface area contributed by atoms with Gasteiger partial charge < -0.3 is 10.5 Å². The number of carbonyl (C=O) groups is 2. The molecule has 0 radical (unpaired) electrons. The molecule has 24 heavy (non-hydrogen) atoms. The third kappa shape index (κ3) is 3.63. The number of hydrazine groups is 1. The molecule has 1 aliphatic carbocycles. The van der Waals surface area contributed by atoms with E-state index in [1.165, 1.54) is 18.2 Å². The maximum absolute atomic E-state index is 12.1. The minimum atomic E-state index is -0.455. The normalized spacial score (nSPS) is 17.1. The molecule has 0 aromatic heterocycles.